The van der Waals surface area contributed by atoms with Crippen molar-refractivity contribution in [1.29, 1.82) is 5.26 Å². The molecule has 0 bridgehead atoms. The second-order valence-corrected chi connectivity index (χ2v) is 8.01. The molecular weight excluding hydrogens is 458 g/mol. The van der Waals surface area contributed by atoms with E-state index in [1.807, 2.05) is 60.7 Å². The fourth-order valence-electron chi connectivity index (χ4n) is 3.60. The number of hydrogen-bond acceptors (Lipinski definition) is 6. The smallest absolute Gasteiger partial charge is 0.408 e. The predicted octanol–water partition coefficient (Wildman–Crippen LogP) is 3.30. The van der Waals surface area contributed by atoms with Crippen LogP contribution in [0.2, 0.25) is 0 Å². The third-order valence-electron chi connectivity index (χ3n) is 5.47. The van der Waals surface area contributed by atoms with Crippen LogP contribution in [0.25, 0.3) is 0 Å². The molecule has 184 valence electrons. The largest absolute Gasteiger partial charge is 0.467 e. The predicted molar refractivity (Wildman–Crippen MR) is 133 cm³/mol. The van der Waals surface area contributed by atoms with E-state index < -0.39 is 30.1 Å². The highest BCUT2D eigenvalue weighted by molar-refractivity contribution is 5.90. The number of methoxy groups -OCH3 is 1. The first-order chi connectivity index (χ1) is 17.5. The minimum Gasteiger partial charge on any atom is -0.467 e. The molecule has 8 heteroatoms. The highest BCUT2D eigenvalue weighted by Gasteiger charge is 2.28. The van der Waals surface area contributed by atoms with Crippen molar-refractivity contribution in [1.82, 2.24) is 10.6 Å². The van der Waals surface area contributed by atoms with Crippen LogP contribution in [0.4, 0.5) is 4.79 Å². The summed E-state index contributed by atoms with van der Waals surface area (Å²) in [4.78, 5) is 38.3. The standard InChI is InChI=1S/C28H27N3O5/c1-35-27(33)25(17-22-14-8-9-15-23(22)18-29)30-26(32)24(16-20-10-4-2-5-11-20)31-28(34)36-19-21-12-6-3-7-13-21/h2-15,24-25H,16-17,19H2,1H3,(H,30,32)(H,31,34)/t24-,25-/m1/s1. The van der Waals surface area contributed by atoms with Gasteiger partial charge in [-0.2, -0.15) is 5.26 Å². The topological polar surface area (TPSA) is 118 Å². The maximum absolute atomic E-state index is 13.3. The normalized spacial score (nSPS) is 11.9. The average molecular weight is 486 g/mol. The van der Waals surface area contributed by atoms with Crippen LogP contribution in [0.3, 0.4) is 0 Å². The first kappa shape index (κ1) is 26.0. The summed E-state index contributed by atoms with van der Waals surface area (Å²) in [6.45, 7) is 0.0437. The lowest BCUT2D eigenvalue weighted by atomic mass is 10.00. The van der Waals surface area contributed by atoms with Crippen LogP contribution in [-0.2, 0) is 38.5 Å². The summed E-state index contributed by atoms with van der Waals surface area (Å²) in [6, 6.07) is 25.1. The fourth-order valence-corrected chi connectivity index (χ4v) is 3.60. The summed E-state index contributed by atoms with van der Waals surface area (Å²) < 4.78 is 10.2. The Bertz CT molecular complexity index is 1210. The maximum Gasteiger partial charge on any atom is 0.408 e. The van der Waals surface area contributed by atoms with Gasteiger partial charge < -0.3 is 20.1 Å². The van der Waals surface area contributed by atoms with Crippen LogP contribution in [0.1, 0.15) is 22.3 Å². The molecule has 36 heavy (non-hydrogen) atoms. The minimum atomic E-state index is -1.06. The van der Waals surface area contributed by atoms with E-state index in [1.165, 1.54) is 7.11 Å². The van der Waals surface area contributed by atoms with Gasteiger partial charge in [0.15, 0.2) is 0 Å². The summed E-state index contributed by atoms with van der Waals surface area (Å²) in [7, 11) is 1.22. The van der Waals surface area contributed by atoms with E-state index in [2.05, 4.69) is 16.7 Å². The first-order valence-corrected chi connectivity index (χ1v) is 11.4. The molecule has 0 unspecified atom stereocenters. The van der Waals surface area contributed by atoms with Crippen molar-refractivity contribution >= 4 is 18.0 Å². The van der Waals surface area contributed by atoms with Gasteiger partial charge in [0.2, 0.25) is 5.91 Å². The number of nitrogens with zero attached hydrogens (tertiary/aromatic N) is 1. The molecule has 0 spiro atoms. The fraction of sp³-hybridized carbons (Fsp3) is 0.214. The zero-order chi connectivity index (χ0) is 25.8. The molecule has 3 aromatic carbocycles. The highest BCUT2D eigenvalue weighted by Crippen LogP contribution is 2.12. The summed E-state index contributed by atoms with van der Waals surface area (Å²) in [6.07, 6.45) is -0.534. The second-order valence-electron chi connectivity index (χ2n) is 8.01. The van der Waals surface area contributed by atoms with Crippen molar-refractivity contribution in [2.45, 2.75) is 31.5 Å². The molecule has 0 aliphatic carbocycles. The van der Waals surface area contributed by atoms with Gasteiger partial charge >= 0.3 is 12.1 Å². The molecular formula is C28H27N3O5. The van der Waals surface area contributed by atoms with E-state index in [1.54, 1.807) is 24.3 Å². The quantitative estimate of drug-likeness (QED) is 0.426. The summed E-state index contributed by atoms with van der Waals surface area (Å²) in [5, 5.41) is 14.7. The summed E-state index contributed by atoms with van der Waals surface area (Å²) in [5.74, 6) is -1.25. The Morgan fingerprint density at radius 2 is 1.42 bits per heavy atom. The van der Waals surface area contributed by atoms with Gasteiger partial charge in [-0.15, -0.1) is 0 Å². The maximum atomic E-state index is 13.3. The number of nitrogens with one attached hydrogen (secondary N) is 2. The van der Waals surface area contributed by atoms with Gasteiger partial charge in [-0.3, -0.25) is 4.79 Å². The lowest BCUT2D eigenvalue weighted by Crippen LogP contribution is -2.53. The van der Waals surface area contributed by atoms with Crippen LogP contribution in [0.5, 0.6) is 0 Å². The second kappa shape index (κ2) is 13.3. The average Bonchev–Trinajstić information content (AvgIpc) is 2.92. The number of esters is 1. The Labute approximate surface area is 209 Å². The van der Waals surface area contributed by atoms with Gasteiger partial charge in [0, 0.05) is 12.8 Å². The molecule has 2 atom stereocenters. The number of hydrogen-bond donors (Lipinski definition) is 2. The molecule has 8 nitrogen and oxygen atoms in total. The summed E-state index contributed by atoms with van der Waals surface area (Å²) in [5.41, 5.74) is 2.60. The van der Waals surface area contributed by atoms with Crippen molar-refractivity contribution in [2.75, 3.05) is 7.11 Å². The Morgan fingerprint density at radius 3 is 2.06 bits per heavy atom. The zero-order valence-corrected chi connectivity index (χ0v) is 19.8. The minimum absolute atomic E-state index is 0.0437. The van der Waals surface area contributed by atoms with Crippen LogP contribution in [0.15, 0.2) is 84.9 Å². The van der Waals surface area contributed by atoms with Crippen molar-refractivity contribution in [2.24, 2.45) is 0 Å². The molecule has 0 aliphatic rings. The Kier molecular flexibility index (Phi) is 9.60. The molecule has 3 rings (SSSR count). The van der Waals surface area contributed by atoms with Gasteiger partial charge in [0.05, 0.1) is 18.7 Å². The van der Waals surface area contributed by atoms with Crippen LogP contribution < -0.4 is 10.6 Å². The molecule has 0 aromatic heterocycles. The van der Waals surface area contributed by atoms with E-state index in [9.17, 15) is 19.6 Å². The van der Waals surface area contributed by atoms with E-state index in [0.717, 1.165) is 11.1 Å². The molecule has 0 saturated heterocycles. The Hall–Kier alpha value is -4.64. The number of benzene rings is 3. The number of ether oxygens (including phenoxy) is 2. The molecule has 0 heterocycles. The number of rotatable bonds is 10. The third-order valence-corrected chi connectivity index (χ3v) is 5.47. The molecule has 0 radical (unpaired) electrons. The monoisotopic (exact) mass is 485 g/mol. The van der Waals surface area contributed by atoms with Gasteiger partial charge in [0.1, 0.15) is 18.7 Å². The molecule has 0 fully saturated rings. The van der Waals surface area contributed by atoms with E-state index in [4.69, 9.17) is 9.47 Å². The molecule has 2 N–H and O–H groups in total. The van der Waals surface area contributed by atoms with Gasteiger partial charge in [-0.05, 0) is 22.8 Å². The van der Waals surface area contributed by atoms with Crippen molar-refractivity contribution in [3.05, 3.63) is 107 Å². The molecule has 0 aliphatic heterocycles. The number of nitriles is 1. The number of carbonyl (C=O) groups excluding carboxylic acids is 3. The van der Waals surface area contributed by atoms with Crippen molar-refractivity contribution in [3.63, 3.8) is 0 Å². The van der Waals surface area contributed by atoms with Gasteiger partial charge in [-0.1, -0.05) is 78.9 Å². The third kappa shape index (κ3) is 7.71. The highest BCUT2D eigenvalue weighted by atomic mass is 16.5. The van der Waals surface area contributed by atoms with Gasteiger partial charge in [0.25, 0.3) is 0 Å². The Morgan fingerprint density at radius 1 is 0.806 bits per heavy atom. The number of amides is 2. The Balaban J connectivity index is 1.74. The summed E-state index contributed by atoms with van der Waals surface area (Å²) >= 11 is 0. The molecule has 3 aromatic rings. The van der Waals surface area contributed by atoms with E-state index in [-0.39, 0.29) is 19.4 Å². The lowest BCUT2D eigenvalue weighted by molar-refractivity contribution is -0.145. The molecule has 2 amide bonds. The van der Waals surface area contributed by atoms with Crippen LogP contribution in [0, 0.1) is 11.3 Å². The lowest BCUT2D eigenvalue weighted by Gasteiger charge is -2.22. The van der Waals surface area contributed by atoms with Gasteiger partial charge in [-0.25, -0.2) is 9.59 Å². The van der Waals surface area contributed by atoms with Crippen LogP contribution in [-0.4, -0.2) is 37.2 Å². The first-order valence-electron chi connectivity index (χ1n) is 11.4. The number of carbonyl (C=O) groups is 3. The number of alkyl carbamates (subject to hydrolysis) is 1. The van der Waals surface area contributed by atoms with Crippen molar-refractivity contribution in [3.8, 4) is 6.07 Å². The zero-order valence-electron chi connectivity index (χ0n) is 19.8. The SMILES string of the molecule is COC(=O)[C@@H](Cc1ccccc1C#N)NC(=O)[C@@H](Cc1ccccc1)NC(=O)OCc1ccccc1. The molecule has 0 saturated carbocycles. The van der Waals surface area contributed by atoms with Crippen molar-refractivity contribution < 1.29 is 23.9 Å². The van der Waals surface area contributed by atoms with E-state index >= 15 is 0 Å². The van der Waals surface area contributed by atoms with E-state index in [0.29, 0.717) is 11.1 Å². The van der Waals surface area contributed by atoms with Crippen LogP contribution >= 0.6 is 0 Å².